The van der Waals surface area contributed by atoms with Crippen LogP contribution in [0.2, 0.25) is 0 Å². The topological polar surface area (TPSA) is 80.7 Å². The molecule has 6 nitrogen and oxygen atoms in total. The molecule has 33 heavy (non-hydrogen) atoms. The Morgan fingerprint density at radius 2 is 1.82 bits per heavy atom. The summed E-state index contributed by atoms with van der Waals surface area (Å²) in [5.74, 6) is 0.150. The van der Waals surface area contributed by atoms with Gasteiger partial charge in [0.15, 0.2) is 10.9 Å². The molecule has 0 aliphatic rings. The molecule has 0 aliphatic carbocycles. The Labute approximate surface area is 196 Å². The highest BCUT2D eigenvalue weighted by Gasteiger charge is 2.19. The average molecular weight is 457 g/mol. The van der Waals surface area contributed by atoms with Crippen LogP contribution >= 0.6 is 11.8 Å². The van der Waals surface area contributed by atoms with Gasteiger partial charge in [0.25, 0.3) is 5.56 Å². The van der Waals surface area contributed by atoms with Crippen molar-refractivity contribution < 1.29 is 4.79 Å². The Hall–Kier alpha value is -3.63. The lowest BCUT2D eigenvalue weighted by atomic mass is 10.2. The molecule has 0 saturated carbocycles. The lowest BCUT2D eigenvalue weighted by Gasteiger charge is -2.14. The molecule has 2 aromatic heterocycles. The van der Waals surface area contributed by atoms with Crippen molar-refractivity contribution in [2.75, 3.05) is 5.75 Å². The van der Waals surface area contributed by atoms with Crippen LogP contribution in [0.1, 0.15) is 47.2 Å². The maximum absolute atomic E-state index is 13.4. The number of ketones is 1. The molecular formula is C26H24N4O2S. The van der Waals surface area contributed by atoms with Crippen LogP contribution in [0, 0.1) is 25.2 Å². The Balaban J connectivity index is 1.74. The molecule has 2 aromatic carbocycles. The van der Waals surface area contributed by atoms with Crippen LogP contribution in [-0.2, 0) is 0 Å². The van der Waals surface area contributed by atoms with Crippen molar-refractivity contribution in [3.8, 4) is 11.8 Å². The number of aryl methyl sites for hydroxylation is 1. The van der Waals surface area contributed by atoms with Crippen molar-refractivity contribution in [1.29, 1.82) is 5.26 Å². The van der Waals surface area contributed by atoms with E-state index in [0.29, 0.717) is 32.9 Å². The van der Waals surface area contributed by atoms with Gasteiger partial charge in [-0.3, -0.25) is 14.2 Å². The first-order valence-corrected chi connectivity index (χ1v) is 11.7. The zero-order valence-corrected chi connectivity index (χ0v) is 19.8. The Bertz CT molecular complexity index is 1460. The maximum Gasteiger partial charge on any atom is 0.266 e. The third-order valence-electron chi connectivity index (χ3n) is 5.63. The average Bonchev–Trinajstić information content (AvgIpc) is 3.11. The van der Waals surface area contributed by atoms with E-state index in [4.69, 9.17) is 10.2 Å². The highest BCUT2D eigenvalue weighted by atomic mass is 32.2. The van der Waals surface area contributed by atoms with Crippen molar-refractivity contribution in [2.24, 2.45) is 0 Å². The second kappa shape index (κ2) is 9.08. The smallest absolute Gasteiger partial charge is 0.266 e. The lowest BCUT2D eigenvalue weighted by molar-refractivity contribution is 0.102. The first-order chi connectivity index (χ1) is 15.8. The number of para-hydroxylation sites is 1. The van der Waals surface area contributed by atoms with E-state index in [1.54, 1.807) is 42.5 Å². The molecule has 0 N–H and O–H groups in total. The predicted molar refractivity (Wildman–Crippen MR) is 131 cm³/mol. The van der Waals surface area contributed by atoms with Gasteiger partial charge in [0.1, 0.15) is 0 Å². The summed E-state index contributed by atoms with van der Waals surface area (Å²) in [7, 11) is 0. The molecular weight excluding hydrogens is 432 g/mol. The highest BCUT2D eigenvalue weighted by Crippen LogP contribution is 2.25. The molecule has 0 saturated heterocycles. The van der Waals surface area contributed by atoms with Gasteiger partial charge >= 0.3 is 0 Å². The van der Waals surface area contributed by atoms with Crippen LogP contribution in [-0.4, -0.2) is 25.7 Å². The van der Waals surface area contributed by atoms with Crippen molar-refractivity contribution in [3.63, 3.8) is 0 Å². The highest BCUT2D eigenvalue weighted by molar-refractivity contribution is 7.99. The van der Waals surface area contributed by atoms with Crippen molar-refractivity contribution >= 4 is 28.4 Å². The van der Waals surface area contributed by atoms with Crippen molar-refractivity contribution in [1.82, 2.24) is 14.1 Å². The number of hydrogen-bond acceptors (Lipinski definition) is 5. The molecule has 166 valence electrons. The van der Waals surface area contributed by atoms with E-state index in [1.807, 2.05) is 26.0 Å². The van der Waals surface area contributed by atoms with Gasteiger partial charge < -0.3 is 4.57 Å². The van der Waals surface area contributed by atoms with E-state index in [0.717, 1.165) is 11.4 Å². The minimum absolute atomic E-state index is 0.00575. The number of nitriles is 1. The number of aromatic nitrogens is 3. The first kappa shape index (κ1) is 22.6. The summed E-state index contributed by atoms with van der Waals surface area (Å²) < 4.78 is 3.66. The second-order valence-corrected chi connectivity index (χ2v) is 9.11. The summed E-state index contributed by atoms with van der Waals surface area (Å²) in [5.41, 5.74) is 4.18. The van der Waals surface area contributed by atoms with Crippen LogP contribution in [0.4, 0.5) is 0 Å². The van der Waals surface area contributed by atoms with Crippen LogP contribution in [0.3, 0.4) is 0 Å². The maximum atomic E-state index is 13.4. The number of carbonyl (C=O) groups excluding carboxylic acids is 1. The van der Waals surface area contributed by atoms with E-state index in [-0.39, 0.29) is 23.1 Å². The van der Waals surface area contributed by atoms with E-state index < -0.39 is 0 Å². The third kappa shape index (κ3) is 4.22. The number of benzene rings is 2. The summed E-state index contributed by atoms with van der Waals surface area (Å²) >= 11 is 1.24. The Morgan fingerprint density at radius 1 is 1.12 bits per heavy atom. The molecule has 0 amide bonds. The molecule has 0 unspecified atom stereocenters. The first-order valence-electron chi connectivity index (χ1n) is 10.7. The lowest BCUT2D eigenvalue weighted by Crippen LogP contribution is -2.22. The number of Topliss-reactive ketones (excluding diaryl/α,β-unsaturated/α-hetero) is 1. The van der Waals surface area contributed by atoms with Gasteiger partial charge in [0, 0.05) is 23.0 Å². The fourth-order valence-electron chi connectivity index (χ4n) is 4.18. The van der Waals surface area contributed by atoms with Crippen LogP contribution < -0.4 is 5.56 Å². The van der Waals surface area contributed by atoms with Gasteiger partial charge in [-0.1, -0.05) is 23.9 Å². The molecule has 0 bridgehead atoms. The SMILES string of the molecule is Cc1cc(C(=O)CSc2nc3ccccc3c(=O)n2-c2ccc(C#N)cc2)c(C)n1C(C)C. The summed E-state index contributed by atoms with van der Waals surface area (Å²) in [5, 5.41) is 10.0. The van der Waals surface area contributed by atoms with Crippen LogP contribution in [0.5, 0.6) is 0 Å². The molecule has 0 fully saturated rings. The summed E-state index contributed by atoms with van der Waals surface area (Å²) in [6.07, 6.45) is 0. The Kier molecular flexibility index (Phi) is 6.21. The largest absolute Gasteiger partial charge is 0.346 e. The van der Waals surface area contributed by atoms with Crippen molar-refractivity contribution in [3.05, 3.63) is 87.5 Å². The molecule has 0 radical (unpaired) electrons. The molecule has 0 aliphatic heterocycles. The van der Waals surface area contributed by atoms with E-state index in [2.05, 4.69) is 24.5 Å². The van der Waals surface area contributed by atoms with Crippen molar-refractivity contribution in [2.45, 2.75) is 38.9 Å². The molecule has 0 atom stereocenters. The summed E-state index contributed by atoms with van der Waals surface area (Å²) in [4.78, 5) is 31.2. The van der Waals surface area contributed by atoms with E-state index in [1.165, 1.54) is 16.3 Å². The number of nitrogens with zero attached hydrogens (tertiary/aromatic N) is 4. The van der Waals surface area contributed by atoms with E-state index >= 15 is 0 Å². The normalized spacial score (nSPS) is 11.2. The number of thioether (sulfide) groups is 1. The zero-order valence-electron chi connectivity index (χ0n) is 19.0. The molecule has 0 spiro atoms. The predicted octanol–water partition coefficient (Wildman–Crippen LogP) is 5.23. The third-order valence-corrected chi connectivity index (χ3v) is 6.57. The molecule has 4 rings (SSSR count). The standard InChI is InChI=1S/C26H24N4O2S/c1-16(2)29-17(3)13-22(18(29)4)24(31)15-33-26-28-23-8-6-5-7-21(23)25(32)30(26)20-11-9-19(14-27)10-12-20/h5-13,16H,15H2,1-4H3. The van der Waals surface area contributed by atoms with Gasteiger partial charge in [-0.05, 0) is 70.2 Å². The van der Waals surface area contributed by atoms with Gasteiger partial charge in [-0.2, -0.15) is 5.26 Å². The molecule has 2 heterocycles. The van der Waals surface area contributed by atoms with Gasteiger partial charge in [-0.15, -0.1) is 0 Å². The number of rotatable bonds is 6. The molecule has 7 heteroatoms. The monoisotopic (exact) mass is 456 g/mol. The number of fused-ring (bicyclic) bond motifs is 1. The fourth-order valence-corrected chi connectivity index (χ4v) is 5.08. The Morgan fingerprint density at radius 3 is 2.45 bits per heavy atom. The van der Waals surface area contributed by atoms with Gasteiger partial charge in [-0.25, -0.2) is 4.98 Å². The molecule has 4 aromatic rings. The fraction of sp³-hybridized carbons (Fsp3) is 0.231. The van der Waals surface area contributed by atoms with Gasteiger partial charge in [0.2, 0.25) is 0 Å². The summed E-state index contributed by atoms with van der Waals surface area (Å²) in [6, 6.07) is 18.2. The minimum atomic E-state index is -0.210. The minimum Gasteiger partial charge on any atom is -0.346 e. The number of hydrogen-bond donors (Lipinski definition) is 0. The quantitative estimate of drug-likeness (QED) is 0.225. The van der Waals surface area contributed by atoms with Crippen LogP contribution in [0.15, 0.2) is 64.5 Å². The zero-order chi connectivity index (χ0) is 23.7. The van der Waals surface area contributed by atoms with Crippen LogP contribution in [0.25, 0.3) is 16.6 Å². The second-order valence-electron chi connectivity index (χ2n) is 8.17. The number of carbonyl (C=O) groups is 1. The summed E-state index contributed by atoms with van der Waals surface area (Å²) in [6.45, 7) is 8.16. The van der Waals surface area contributed by atoms with E-state index in [9.17, 15) is 9.59 Å². The van der Waals surface area contributed by atoms with Gasteiger partial charge in [0.05, 0.1) is 34.0 Å².